The van der Waals surface area contributed by atoms with Crippen LogP contribution in [0.1, 0.15) is 35.6 Å². The zero-order valence-corrected chi connectivity index (χ0v) is 22.4. The van der Waals surface area contributed by atoms with Crippen molar-refractivity contribution < 1.29 is 18.0 Å². The fourth-order valence-corrected chi connectivity index (χ4v) is 5.72. The van der Waals surface area contributed by atoms with Crippen LogP contribution in [0, 0.1) is 6.92 Å². The third kappa shape index (κ3) is 5.20. The number of carbonyl (C=O) groups is 1. The Hall–Kier alpha value is -3.57. The van der Waals surface area contributed by atoms with Crippen LogP contribution in [0.25, 0.3) is 11.5 Å². The fourth-order valence-electron chi connectivity index (χ4n) is 4.92. The van der Waals surface area contributed by atoms with Gasteiger partial charge in [-0.05, 0) is 66.4 Å². The number of carbonyl (C=O) groups excluding carboxylic acids is 1. The average molecular weight is 555 g/mol. The maximum atomic E-state index is 13.3. The van der Waals surface area contributed by atoms with Crippen molar-refractivity contribution >= 4 is 23.4 Å². The van der Waals surface area contributed by atoms with Crippen LogP contribution < -0.4 is 16.4 Å². The lowest BCUT2D eigenvalue weighted by molar-refractivity contribution is -0.137. The van der Waals surface area contributed by atoms with Gasteiger partial charge in [0.25, 0.3) is 0 Å². The standard InChI is InChI=1S/C28H29F3N6OS/c1-3-27(25(32)38,22-13-20(11-6-17(22)2)34-21-14-33-15-21)37-12-4-5-23-24(37)36-26(35-23)39-16-18-7-9-19(10-8-18)28(29,30)31/h4-13,21,33-34H,3,14-16H2,1-2H3,(H2,32,38). The van der Waals surface area contributed by atoms with Crippen LogP contribution in [0.15, 0.2) is 66.0 Å². The van der Waals surface area contributed by atoms with Gasteiger partial charge in [-0.2, -0.15) is 13.2 Å². The predicted octanol–water partition coefficient (Wildman–Crippen LogP) is 5.03. The van der Waals surface area contributed by atoms with E-state index in [0.29, 0.717) is 34.9 Å². The van der Waals surface area contributed by atoms with Crippen molar-refractivity contribution in [3.8, 4) is 11.5 Å². The van der Waals surface area contributed by atoms with Crippen LogP contribution in [0.3, 0.4) is 0 Å². The monoisotopic (exact) mass is 554 g/mol. The molecule has 2 aromatic rings. The molecule has 11 heteroatoms. The van der Waals surface area contributed by atoms with Gasteiger partial charge in [-0.25, -0.2) is 9.97 Å². The maximum absolute atomic E-state index is 13.3. The number of hydrogen-bond acceptors (Lipinski definition) is 6. The summed E-state index contributed by atoms with van der Waals surface area (Å²) in [5, 5.41) is 7.20. The lowest BCUT2D eigenvalue weighted by atomic mass is 9.82. The fraction of sp³-hybridized carbons (Fsp3) is 0.321. The average Bonchev–Trinajstić information content (AvgIpc) is 3.30. The number of nitrogens with one attached hydrogen (secondary N) is 2. The van der Waals surface area contributed by atoms with Crippen molar-refractivity contribution in [3.05, 3.63) is 83.0 Å². The first-order valence-electron chi connectivity index (χ1n) is 12.6. The molecule has 1 fully saturated rings. The molecule has 3 aliphatic heterocycles. The minimum absolute atomic E-state index is 0.325. The molecule has 1 amide bonds. The molecular formula is C28H29F3N6OS. The number of pyridine rings is 1. The number of benzene rings is 2. The molecular weight excluding hydrogens is 525 g/mol. The molecule has 4 N–H and O–H groups in total. The Kier molecular flexibility index (Phi) is 7.30. The number of nitrogens with zero attached hydrogens (tertiary/aromatic N) is 3. The molecule has 3 heterocycles. The first kappa shape index (κ1) is 27.0. The van der Waals surface area contributed by atoms with Crippen molar-refractivity contribution in [1.29, 1.82) is 0 Å². The van der Waals surface area contributed by atoms with E-state index in [1.807, 2.05) is 44.2 Å². The van der Waals surface area contributed by atoms with E-state index in [2.05, 4.69) is 15.6 Å². The summed E-state index contributed by atoms with van der Waals surface area (Å²) in [5.41, 5.74) is 8.20. The number of thioether (sulfide) groups is 1. The van der Waals surface area contributed by atoms with E-state index in [0.717, 1.165) is 47.6 Å². The molecule has 7 nitrogen and oxygen atoms in total. The molecule has 1 saturated heterocycles. The van der Waals surface area contributed by atoms with Gasteiger partial charge in [-0.15, -0.1) is 0 Å². The topological polar surface area (TPSA) is 97.9 Å². The molecule has 39 heavy (non-hydrogen) atoms. The highest BCUT2D eigenvalue weighted by molar-refractivity contribution is 7.98. The Morgan fingerprint density at radius 3 is 2.51 bits per heavy atom. The summed E-state index contributed by atoms with van der Waals surface area (Å²) in [6.45, 7) is 5.63. The lowest BCUT2D eigenvalue weighted by Gasteiger charge is -2.36. The van der Waals surface area contributed by atoms with Crippen LogP contribution in [0.5, 0.6) is 0 Å². The molecule has 3 aliphatic rings. The van der Waals surface area contributed by atoms with Crippen molar-refractivity contribution in [2.45, 2.75) is 48.9 Å². The smallest absolute Gasteiger partial charge is 0.380 e. The minimum Gasteiger partial charge on any atom is -0.380 e. The normalized spacial score (nSPS) is 15.6. The first-order valence-corrected chi connectivity index (χ1v) is 13.6. The number of alkyl halides is 3. The zero-order chi connectivity index (χ0) is 27.8. The van der Waals surface area contributed by atoms with E-state index in [1.54, 1.807) is 10.8 Å². The zero-order valence-electron chi connectivity index (χ0n) is 21.5. The minimum atomic E-state index is -4.37. The lowest BCUT2D eigenvalue weighted by Crippen LogP contribution is -2.51. The number of primary amides is 1. The van der Waals surface area contributed by atoms with Gasteiger partial charge >= 0.3 is 6.18 Å². The molecule has 5 rings (SSSR count). The highest BCUT2D eigenvalue weighted by Crippen LogP contribution is 2.38. The van der Waals surface area contributed by atoms with Gasteiger partial charge in [0.15, 0.2) is 11.0 Å². The maximum Gasteiger partial charge on any atom is 0.416 e. The van der Waals surface area contributed by atoms with Crippen LogP contribution in [0.4, 0.5) is 18.9 Å². The summed E-state index contributed by atoms with van der Waals surface area (Å²) in [5.74, 6) is 0.399. The molecule has 2 aromatic carbocycles. The number of aromatic nitrogens is 3. The Balaban J connectivity index is 1.49. The van der Waals surface area contributed by atoms with Crippen LogP contribution in [-0.4, -0.2) is 39.6 Å². The molecule has 204 valence electrons. The van der Waals surface area contributed by atoms with E-state index in [1.165, 1.54) is 23.9 Å². The number of anilines is 1. The highest BCUT2D eigenvalue weighted by Gasteiger charge is 2.42. The molecule has 0 spiro atoms. The third-order valence-corrected chi connectivity index (χ3v) is 8.10. The Morgan fingerprint density at radius 2 is 1.90 bits per heavy atom. The molecule has 0 aromatic heterocycles. The van der Waals surface area contributed by atoms with Crippen molar-refractivity contribution in [1.82, 2.24) is 19.9 Å². The number of imidazole rings is 1. The Bertz CT molecular complexity index is 1450. The molecule has 1 atom stereocenters. The van der Waals surface area contributed by atoms with Crippen molar-refractivity contribution in [2.24, 2.45) is 5.73 Å². The summed E-state index contributed by atoms with van der Waals surface area (Å²) in [7, 11) is 0. The van der Waals surface area contributed by atoms with E-state index >= 15 is 0 Å². The number of aryl methyl sites for hydroxylation is 1. The summed E-state index contributed by atoms with van der Waals surface area (Å²) in [6, 6.07) is 15.0. The summed E-state index contributed by atoms with van der Waals surface area (Å²) < 4.78 is 40.5. The van der Waals surface area contributed by atoms with E-state index in [-0.39, 0.29) is 0 Å². The third-order valence-electron chi connectivity index (χ3n) is 7.18. The number of fused-ring (bicyclic) bond motifs is 1. The number of halogens is 3. The molecule has 0 radical (unpaired) electrons. The van der Waals surface area contributed by atoms with Crippen LogP contribution in [0.2, 0.25) is 0 Å². The summed E-state index contributed by atoms with van der Waals surface area (Å²) >= 11 is 1.32. The molecule has 0 aliphatic carbocycles. The van der Waals surface area contributed by atoms with Gasteiger partial charge in [0.05, 0.1) is 11.6 Å². The van der Waals surface area contributed by atoms with Crippen LogP contribution in [-0.2, 0) is 22.3 Å². The van der Waals surface area contributed by atoms with Gasteiger partial charge < -0.3 is 20.9 Å². The first-order chi connectivity index (χ1) is 18.6. The quantitative estimate of drug-likeness (QED) is 0.251. The molecule has 0 bridgehead atoms. The molecule has 0 saturated carbocycles. The number of amides is 1. The van der Waals surface area contributed by atoms with Gasteiger partial charge in [0, 0.05) is 30.7 Å². The van der Waals surface area contributed by atoms with E-state index < -0.39 is 23.2 Å². The molecule has 1 unspecified atom stereocenters. The van der Waals surface area contributed by atoms with Gasteiger partial charge in [0.1, 0.15) is 11.2 Å². The van der Waals surface area contributed by atoms with Gasteiger partial charge in [0.2, 0.25) is 5.91 Å². The van der Waals surface area contributed by atoms with Crippen LogP contribution >= 0.6 is 11.8 Å². The Morgan fingerprint density at radius 1 is 1.15 bits per heavy atom. The SMILES string of the molecule is CCC(C(N)=O)(c1cc(NC2CNC2)ccc1C)n1cccc2nc(SCc3ccc(C(F)(F)F)cc3)nc1-2. The second-order valence-corrected chi connectivity index (χ2v) is 10.6. The largest absolute Gasteiger partial charge is 0.416 e. The summed E-state index contributed by atoms with van der Waals surface area (Å²) in [4.78, 5) is 22.7. The van der Waals surface area contributed by atoms with Crippen molar-refractivity contribution in [2.75, 3.05) is 18.4 Å². The predicted molar refractivity (Wildman–Crippen MR) is 146 cm³/mol. The Labute approximate surface area is 228 Å². The van der Waals surface area contributed by atoms with Gasteiger partial charge in [-0.3, -0.25) is 4.79 Å². The second kappa shape index (κ2) is 10.5. The summed E-state index contributed by atoms with van der Waals surface area (Å²) in [6.07, 6.45) is -2.19. The van der Waals surface area contributed by atoms with E-state index in [4.69, 9.17) is 10.7 Å². The van der Waals surface area contributed by atoms with Gasteiger partial charge in [-0.1, -0.05) is 36.9 Å². The van der Waals surface area contributed by atoms with Crippen molar-refractivity contribution in [3.63, 3.8) is 0 Å². The number of rotatable bonds is 9. The second-order valence-electron chi connectivity index (χ2n) is 9.68. The highest BCUT2D eigenvalue weighted by atomic mass is 32.2. The number of nitrogens with two attached hydrogens (primary N) is 1. The number of hydrogen-bond donors (Lipinski definition) is 3. The van der Waals surface area contributed by atoms with E-state index in [9.17, 15) is 18.0 Å².